The van der Waals surface area contributed by atoms with Gasteiger partial charge in [-0.25, -0.2) is 0 Å². The maximum atomic E-state index is 13.2. The molecule has 0 bridgehead atoms. The molecule has 4 nitrogen and oxygen atoms in total. The van der Waals surface area contributed by atoms with Crippen molar-refractivity contribution in [2.75, 3.05) is 0 Å². The first-order valence-corrected chi connectivity index (χ1v) is 16.5. The van der Waals surface area contributed by atoms with Gasteiger partial charge in [-0.1, -0.05) is 24.3 Å². The Morgan fingerprint density at radius 3 is 1.71 bits per heavy atom. The van der Waals surface area contributed by atoms with Crippen LogP contribution in [0.2, 0.25) is 0 Å². The van der Waals surface area contributed by atoms with Crippen LogP contribution < -0.4 is 0 Å². The molecule has 42 heavy (non-hydrogen) atoms. The minimum absolute atomic E-state index is 0.0719. The average Bonchev–Trinajstić information content (AvgIpc) is 3.80. The first-order valence-electron chi connectivity index (χ1n) is 13.2. The van der Waals surface area contributed by atoms with Crippen molar-refractivity contribution in [2.24, 2.45) is 0 Å². The van der Waals surface area contributed by atoms with E-state index in [0.717, 1.165) is 64.8 Å². The Balaban J connectivity index is 1.08. The van der Waals surface area contributed by atoms with E-state index >= 15 is 0 Å². The Kier molecular flexibility index (Phi) is 6.08. The molecular formula is C34H20O4S4. The topological polar surface area (TPSA) is 60.4 Å². The number of thiophene rings is 2. The number of fused-ring (bicyclic) bond motifs is 2. The van der Waals surface area contributed by atoms with Crippen molar-refractivity contribution in [3.63, 3.8) is 0 Å². The zero-order valence-corrected chi connectivity index (χ0v) is 25.6. The maximum absolute atomic E-state index is 13.2. The predicted molar refractivity (Wildman–Crippen MR) is 173 cm³/mol. The minimum Gasteiger partial charge on any atom is -0.461 e. The summed E-state index contributed by atoms with van der Waals surface area (Å²) in [6.07, 6.45) is 0. The summed E-state index contributed by atoms with van der Waals surface area (Å²) in [7, 11) is 0. The van der Waals surface area contributed by atoms with Gasteiger partial charge in [-0.05, 0) is 104 Å². The van der Waals surface area contributed by atoms with Crippen molar-refractivity contribution in [1.29, 1.82) is 0 Å². The van der Waals surface area contributed by atoms with Crippen LogP contribution in [0.4, 0.5) is 0 Å². The molecule has 6 aromatic rings. The third-order valence-corrected chi connectivity index (χ3v) is 11.6. The fraction of sp³-hybridized carbons (Fsp3) is 0.0588. The molecule has 0 amide bonds. The van der Waals surface area contributed by atoms with Gasteiger partial charge in [-0.3, -0.25) is 9.59 Å². The molecular weight excluding hydrogens is 601 g/mol. The summed E-state index contributed by atoms with van der Waals surface area (Å²) in [6.45, 7) is 3.96. The van der Waals surface area contributed by atoms with E-state index in [9.17, 15) is 9.59 Å². The summed E-state index contributed by atoms with van der Waals surface area (Å²) < 4.78 is 12.1. The molecule has 0 saturated heterocycles. The molecule has 4 aromatic heterocycles. The first kappa shape index (κ1) is 25.9. The lowest BCUT2D eigenvalue weighted by Crippen LogP contribution is -1.99. The highest BCUT2D eigenvalue weighted by Crippen LogP contribution is 2.51. The summed E-state index contributed by atoms with van der Waals surface area (Å²) in [4.78, 5) is 32.5. The normalized spacial score (nSPS) is 16.0. The quantitative estimate of drug-likeness (QED) is 0.183. The van der Waals surface area contributed by atoms with Crippen molar-refractivity contribution in [1.82, 2.24) is 0 Å². The largest absolute Gasteiger partial charge is 0.461 e. The van der Waals surface area contributed by atoms with Crippen LogP contribution >= 0.6 is 46.2 Å². The number of aryl methyl sites for hydroxylation is 2. The van der Waals surface area contributed by atoms with Gasteiger partial charge in [0.15, 0.2) is 0 Å². The van der Waals surface area contributed by atoms with E-state index in [-0.39, 0.29) is 10.2 Å². The molecule has 0 fully saturated rings. The van der Waals surface area contributed by atoms with Gasteiger partial charge in [-0.2, -0.15) is 0 Å². The van der Waals surface area contributed by atoms with Crippen LogP contribution in [-0.2, 0) is 9.59 Å². The van der Waals surface area contributed by atoms with Crippen molar-refractivity contribution >= 4 is 67.6 Å². The molecule has 2 aliphatic rings. The molecule has 204 valence electrons. The maximum Gasteiger partial charge on any atom is 0.225 e. The number of carbonyl (C=O) groups is 2. The van der Waals surface area contributed by atoms with Gasteiger partial charge >= 0.3 is 0 Å². The summed E-state index contributed by atoms with van der Waals surface area (Å²) in [5.74, 6) is 3.33. The van der Waals surface area contributed by atoms with Gasteiger partial charge in [0.05, 0.1) is 9.75 Å². The molecule has 8 rings (SSSR count). The molecule has 0 spiro atoms. The van der Waals surface area contributed by atoms with Crippen LogP contribution in [0.5, 0.6) is 0 Å². The van der Waals surface area contributed by atoms with Gasteiger partial charge in [-0.15, -0.1) is 22.7 Å². The van der Waals surface area contributed by atoms with Crippen LogP contribution in [0.25, 0.3) is 53.5 Å². The second-order valence-electron chi connectivity index (χ2n) is 10.1. The van der Waals surface area contributed by atoms with E-state index in [4.69, 9.17) is 8.83 Å². The van der Waals surface area contributed by atoms with Crippen molar-refractivity contribution in [3.05, 3.63) is 107 Å². The standard InChI is InChI=1S/C34H20O4S4/c1-17-3-6-20-29(15-17)41-33(35)31(20)32-21-7-5-19(16-30(21)42-34(32)36)22-9-10-24(38-22)26-12-14-28(40-26)27-13-11-25(39-27)23-8-4-18(2)37-23/h3-16H,1-2H3/b32-31+. The number of thioether (sulfide) groups is 2. The van der Waals surface area contributed by atoms with Crippen molar-refractivity contribution in [3.8, 4) is 42.4 Å². The number of rotatable bonds is 4. The summed E-state index contributed by atoms with van der Waals surface area (Å²) in [5.41, 5.74) is 4.66. The smallest absolute Gasteiger partial charge is 0.225 e. The fourth-order valence-electron chi connectivity index (χ4n) is 5.28. The van der Waals surface area contributed by atoms with Crippen LogP contribution in [-0.4, -0.2) is 10.2 Å². The molecule has 6 heterocycles. The SMILES string of the molecule is Cc1ccc2c(c1)SC(=O)/C2=C1/C(=O)Sc2cc(-c3ccc(-c4ccc(-c5ccc(-c6ccc(C)o6)s5)s4)o3)ccc21. The molecule has 0 atom stereocenters. The molecule has 2 aliphatic heterocycles. The van der Waals surface area contributed by atoms with E-state index in [1.807, 2.05) is 74.5 Å². The second kappa shape index (κ2) is 9.88. The Bertz CT molecular complexity index is 2120. The first-order chi connectivity index (χ1) is 20.4. The molecule has 8 heteroatoms. The van der Waals surface area contributed by atoms with Crippen LogP contribution in [0.15, 0.2) is 104 Å². The monoisotopic (exact) mass is 620 g/mol. The highest BCUT2D eigenvalue weighted by molar-refractivity contribution is 8.16. The molecule has 0 unspecified atom stereocenters. The van der Waals surface area contributed by atoms with E-state index in [1.54, 1.807) is 22.7 Å². The third kappa shape index (κ3) is 4.29. The third-order valence-electron chi connectivity index (χ3n) is 7.29. The zero-order valence-electron chi connectivity index (χ0n) is 22.3. The molecule has 0 N–H and O–H groups in total. The second-order valence-corrected chi connectivity index (χ2v) is 14.3. The molecule has 2 aromatic carbocycles. The number of furan rings is 2. The number of hydrogen-bond donors (Lipinski definition) is 0. The van der Waals surface area contributed by atoms with Gasteiger partial charge < -0.3 is 8.83 Å². The average molecular weight is 621 g/mol. The van der Waals surface area contributed by atoms with Crippen LogP contribution in [0, 0.1) is 13.8 Å². The lowest BCUT2D eigenvalue weighted by Gasteiger charge is -2.06. The fourth-order valence-corrected chi connectivity index (χ4v) is 9.32. The molecule has 0 radical (unpaired) electrons. The lowest BCUT2D eigenvalue weighted by molar-refractivity contribution is -0.107. The Morgan fingerprint density at radius 1 is 0.524 bits per heavy atom. The summed E-state index contributed by atoms with van der Waals surface area (Å²) in [6, 6.07) is 28.2. The Labute approximate surface area is 258 Å². The number of hydrogen-bond acceptors (Lipinski definition) is 8. The van der Waals surface area contributed by atoms with E-state index in [0.29, 0.717) is 11.1 Å². The van der Waals surface area contributed by atoms with E-state index in [2.05, 4.69) is 24.3 Å². The zero-order chi connectivity index (χ0) is 28.5. The van der Waals surface area contributed by atoms with Gasteiger partial charge in [0.25, 0.3) is 0 Å². The van der Waals surface area contributed by atoms with E-state index < -0.39 is 0 Å². The van der Waals surface area contributed by atoms with E-state index in [1.165, 1.54) is 33.3 Å². The number of carbonyl (C=O) groups excluding carboxylic acids is 2. The minimum atomic E-state index is -0.0929. The summed E-state index contributed by atoms with van der Waals surface area (Å²) >= 11 is 5.78. The molecule has 0 saturated carbocycles. The Hall–Kier alpha value is -3.82. The van der Waals surface area contributed by atoms with Gasteiger partial charge in [0, 0.05) is 47.4 Å². The summed E-state index contributed by atoms with van der Waals surface area (Å²) in [5, 5.41) is -0.165. The Morgan fingerprint density at radius 2 is 1.07 bits per heavy atom. The molecule has 0 aliphatic carbocycles. The predicted octanol–water partition coefficient (Wildman–Crippen LogP) is 10.5. The van der Waals surface area contributed by atoms with Gasteiger partial charge in [0.1, 0.15) is 23.0 Å². The highest BCUT2D eigenvalue weighted by atomic mass is 32.2. The van der Waals surface area contributed by atoms with Crippen molar-refractivity contribution in [2.45, 2.75) is 23.6 Å². The highest BCUT2D eigenvalue weighted by Gasteiger charge is 2.36. The van der Waals surface area contributed by atoms with Crippen LogP contribution in [0.3, 0.4) is 0 Å². The van der Waals surface area contributed by atoms with Crippen LogP contribution in [0.1, 0.15) is 22.5 Å². The van der Waals surface area contributed by atoms with Crippen molar-refractivity contribution < 1.29 is 18.4 Å². The number of benzene rings is 2. The lowest BCUT2D eigenvalue weighted by atomic mass is 9.95. The van der Waals surface area contributed by atoms with Gasteiger partial charge in [0.2, 0.25) is 10.2 Å².